The predicted octanol–water partition coefficient (Wildman–Crippen LogP) is 6.34. The predicted molar refractivity (Wildman–Crippen MR) is 116 cm³/mol. The van der Waals surface area contributed by atoms with Crippen LogP contribution in [0.15, 0.2) is 60.7 Å². The Hall–Kier alpha value is -2.85. The monoisotopic (exact) mass is 376 g/mol. The Labute approximate surface area is 166 Å². The molecular weight excluding hydrogens is 348 g/mol. The van der Waals surface area contributed by atoms with Gasteiger partial charge in [0.25, 0.3) is 0 Å². The van der Waals surface area contributed by atoms with E-state index in [1.807, 2.05) is 30.3 Å². The van der Waals surface area contributed by atoms with E-state index in [1.165, 1.54) is 0 Å². The lowest BCUT2D eigenvalue weighted by Crippen LogP contribution is -2.29. The zero-order chi connectivity index (χ0) is 20.1. The third-order valence-electron chi connectivity index (χ3n) is 4.88. The molecule has 3 aromatic rings. The van der Waals surface area contributed by atoms with Crippen molar-refractivity contribution in [3.63, 3.8) is 0 Å². The van der Waals surface area contributed by atoms with Gasteiger partial charge in [-0.1, -0.05) is 88.4 Å². The van der Waals surface area contributed by atoms with Crippen molar-refractivity contribution in [2.75, 3.05) is 5.32 Å². The summed E-state index contributed by atoms with van der Waals surface area (Å²) in [7, 11) is 0. The molecule has 3 rings (SSSR count). The highest BCUT2D eigenvalue weighted by Crippen LogP contribution is 2.32. The number of fused-ring (bicyclic) bond motifs is 1. The largest absolute Gasteiger partial charge is 0.343 e. The fourth-order valence-electron chi connectivity index (χ4n) is 3.43. The number of rotatable bonds is 6. The highest BCUT2D eigenvalue weighted by atomic mass is 16.7. The molecule has 2 amide bonds. The van der Waals surface area contributed by atoms with Crippen LogP contribution in [0.25, 0.3) is 10.8 Å². The van der Waals surface area contributed by atoms with Gasteiger partial charge in [-0.25, -0.2) is 10.3 Å². The summed E-state index contributed by atoms with van der Waals surface area (Å²) in [4.78, 5) is 18.0. The van der Waals surface area contributed by atoms with Gasteiger partial charge >= 0.3 is 6.03 Å². The molecule has 2 N–H and O–H groups in total. The van der Waals surface area contributed by atoms with Gasteiger partial charge in [0.05, 0.1) is 0 Å². The third kappa shape index (κ3) is 4.52. The van der Waals surface area contributed by atoms with Crippen LogP contribution in [-0.4, -0.2) is 6.03 Å². The van der Waals surface area contributed by atoms with Crippen molar-refractivity contribution in [1.82, 2.24) is 5.48 Å². The van der Waals surface area contributed by atoms with Crippen LogP contribution in [0.4, 0.5) is 10.5 Å². The molecule has 0 aromatic heterocycles. The van der Waals surface area contributed by atoms with Crippen LogP contribution in [0, 0.1) is 0 Å². The molecule has 0 fully saturated rings. The Balaban J connectivity index is 1.68. The van der Waals surface area contributed by atoms with Crippen LogP contribution < -0.4 is 10.8 Å². The quantitative estimate of drug-likeness (QED) is 0.493. The smallest absolute Gasteiger partial charge is 0.306 e. The minimum Gasteiger partial charge on any atom is -0.306 e. The maximum Gasteiger partial charge on any atom is 0.343 e. The van der Waals surface area contributed by atoms with Crippen LogP contribution in [0.5, 0.6) is 0 Å². The van der Waals surface area contributed by atoms with Crippen molar-refractivity contribution in [2.45, 2.75) is 46.1 Å². The van der Waals surface area contributed by atoms with Crippen LogP contribution in [0.1, 0.15) is 56.2 Å². The standard InChI is InChI=1S/C24H28N2O2/c1-16(2)20-13-8-14-21(17(3)4)23(20)25-24(27)26-28-15-19-11-7-10-18-9-5-6-12-22(18)19/h5-14,16-17H,15H2,1-4H3,(H2,25,26,27). The molecule has 4 heteroatoms. The van der Waals surface area contributed by atoms with E-state index in [0.29, 0.717) is 18.4 Å². The Bertz CT molecular complexity index is 932. The molecule has 28 heavy (non-hydrogen) atoms. The molecular formula is C24H28N2O2. The summed E-state index contributed by atoms with van der Waals surface area (Å²) in [5, 5.41) is 5.27. The number of carbonyl (C=O) groups is 1. The van der Waals surface area contributed by atoms with E-state index in [2.05, 4.69) is 68.8 Å². The highest BCUT2D eigenvalue weighted by Gasteiger charge is 2.16. The molecule has 0 radical (unpaired) electrons. The van der Waals surface area contributed by atoms with E-state index in [9.17, 15) is 4.79 Å². The minimum absolute atomic E-state index is 0.303. The lowest BCUT2D eigenvalue weighted by molar-refractivity contribution is 0.0542. The Morgan fingerprint density at radius 2 is 1.46 bits per heavy atom. The van der Waals surface area contributed by atoms with Gasteiger partial charge in [-0.3, -0.25) is 4.84 Å². The number of benzene rings is 3. The summed E-state index contributed by atoms with van der Waals surface area (Å²) in [5.41, 5.74) is 6.67. The van der Waals surface area contributed by atoms with Gasteiger partial charge in [-0.2, -0.15) is 0 Å². The Morgan fingerprint density at radius 3 is 2.14 bits per heavy atom. The summed E-state index contributed by atoms with van der Waals surface area (Å²) in [5.74, 6) is 0.621. The lowest BCUT2D eigenvalue weighted by atomic mass is 9.93. The first-order valence-corrected chi connectivity index (χ1v) is 9.75. The highest BCUT2D eigenvalue weighted by molar-refractivity contribution is 5.91. The van der Waals surface area contributed by atoms with Gasteiger partial charge in [0.1, 0.15) is 6.61 Å². The van der Waals surface area contributed by atoms with Crippen LogP contribution in [0.2, 0.25) is 0 Å². The second-order valence-electron chi connectivity index (χ2n) is 7.60. The zero-order valence-corrected chi connectivity index (χ0v) is 17.0. The molecule has 4 nitrogen and oxygen atoms in total. The first-order valence-electron chi connectivity index (χ1n) is 9.75. The third-order valence-corrected chi connectivity index (χ3v) is 4.88. The minimum atomic E-state index is -0.366. The molecule has 0 aliphatic carbocycles. The van der Waals surface area contributed by atoms with Gasteiger partial charge in [-0.15, -0.1) is 0 Å². The molecule has 0 aliphatic rings. The second-order valence-corrected chi connectivity index (χ2v) is 7.60. The summed E-state index contributed by atoms with van der Waals surface area (Å²) in [6.45, 7) is 8.80. The van der Waals surface area contributed by atoms with Crippen LogP contribution in [-0.2, 0) is 11.4 Å². The van der Waals surface area contributed by atoms with Crippen molar-refractivity contribution < 1.29 is 9.63 Å². The van der Waals surface area contributed by atoms with Crippen molar-refractivity contribution in [3.05, 3.63) is 77.4 Å². The molecule has 0 aliphatic heterocycles. The van der Waals surface area contributed by atoms with Crippen molar-refractivity contribution >= 4 is 22.5 Å². The molecule has 0 saturated carbocycles. The van der Waals surface area contributed by atoms with Crippen LogP contribution >= 0.6 is 0 Å². The number of amides is 2. The van der Waals surface area contributed by atoms with Gasteiger partial charge < -0.3 is 5.32 Å². The molecule has 0 unspecified atom stereocenters. The number of hydroxylamine groups is 1. The maximum absolute atomic E-state index is 12.5. The normalized spacial score (nSPS) is 11.2. The number of hydrogen-bond donors (Lipinski definition) is 2. The summed E-state index contributed by atoms with van der Waals surface area (Å²) in [6.07, 6.45) is 0. The van der Waals surface area contributed by atoms with Crippen LogP contribution in [0.3, 0.4) is 0 Å². The topological polar surface area (TPSA) is 50.4 Å². The SMILES string of the molecule is CC(C)c1cccc(C(C)C)c1NC(=O)NOCc1cccc2ccccc12. The lowest BCUT2D eigenvalue weighted by Gasteiger charge is -2.20. The average molecular weight is 377 g/mol. The second kappa shape index (κ2) is 8.89. The van der Waals surface area contributed by atoms with E-state index in [1.54, 1.807) is 0 Å². The van der Waals surface area contributed by atoms with E-state index in [0.717, 1.165) is 33.2 Å². The fourth-order valence-corrected chi connectivity index (χ4v) is 3.43. The Kier molecular flexibility index (Phi) is 6.32. The molecule has 0 heterocycles. The van der Waals surface area contributed by atoms with Gasteiger partial charge in [0.15, 0.2) is 0 Å². The molecule has 0 bridgehead atoms. The number of anilines is 1. The number of urea groups is 1. The summed E-state index contributed by atoms with van der Waals surface area (Å²) in [6, 6.07) is 20.0. The first kappa shape index (κ1) is 19.9. The molecule has 0 spiro atoms. The van der Waals surface area contributed by atoms with Gasteiger partial charge in [0, 0.05) is 5.69 Å². The van der Waals surface area contributed by atoms with Crippen molar-refractivity contribution in [2.24, 2.45) is 0 Å². The fraction of sp³-hybridized carbons (Fsp3) is 0.292. The summed E-state index contributed by atoms with van der Waals surface area (Å²) < 4.78 is 0. The van der Waals surface area contributed by atoms with Gasteiger partial charge in [-0.05, 0) is 39.3 Å². The average Bonchev–Trinajstić information content (AvgIpc) is 2.68. The van der Waals surface area contributed by atoms with E-state index in [4.69, 9.17) is 4.84 Å². The van der Waals surface area contributed by atoms with Gasteiger partial charge in [0.2, 0.25) is 0 Å². The Morgan fingerprint density at radius 1 is 0.857 bits per heavy atom. The van der Waals surface area contributed by atoms with E-state index in [-0.39, 0.29) is 6.03 Å². The number of hydrogen-bond acceptors (Lipinski definition) is 2. The molecule has 3 aromatic carbocycles. The first-order chi connectivity index (χ1) is 13.5. The van der Waals surface area contributed by atoms with Crippen molar-refractivity contribution in [3.8, 4) is 0 Å². The maximum atomic E-state index is 12.5. The number of para-hydroxylation sites is 1. The molecule has 146 valence electrons. The number of carbonyl (C=O) groups excluding carboxylic acids is 1. The molecule has 0 atom stereocenters. The van der Waals surface area contributed by atoms with E-state index < -0.39 is 0 Å². The number of nitrogens with one attached hydrogen (secondary N) is 2. The molecule has 0 saturated heterocycles. The van der Waals surface area contributed by atoms with Crippen molar-refractivity contribution in [1.29, 1.82) is 0 Å². The zero-order valence-electron chi connectivity index (χ0n) is 17.0. The summed E-state index contributed by atoms with van der Waals surface area (Å²) >= 11 is 0. The van der Waals surface area contributed by atoms with E-state index >= 15 is 0 Å².